The van der Waals surface area contributed by atoms with Crippen molar-refractivity contribution in [1.82, 2.24) is 19.5 Å². The number of hydrogen-bond acceptors (Lipinski definition) is 5. The van der Waals surface area contributed by atoms with E-state index in [2.05, 4.69) is 65.4 Å². The highest BCUT2D eigenvalue weighted by atomic mass is 28.4. The van der Waals surface area contributed by atoms with Crippen molar-refractivity contribution in [3.05, 3.63) is 35.3 Å². The molecule has 33 heavy (non-hydrogen) atoms. The molecule has 0 amide bonds. The standard InChI is InChI=1S/C26H40N4O2Si/c1-16(2)21-13-12-19(25(28-21)31-9)22-18(4)27-23-20(14-30(8)24(23)29-22)17(3)15-32-33(10,11)26(5,6)7/h12-14,16-17H,15H2,1-11H3. The Morgan fingerprint density at radius 2 is 1.73 bits per heavy atom. The molecular formula is C26H40N4O2Si. The number of nitrogens with zero attached hydrogens (tertiary/aromatic N) is 4. The highest BCUT2D eigenvalue weighted by molar-refractivity contribution is 6.74. The largest absolute Gasteiger partial charge is 0.480 e. The summed E-state index contributed by atoms with van der Waals surface area (Å²) in [6.45, 7) is 20.6. The van der Waals surface area contributed by atoms with Gasteiger partial charge in [0.15, 0.2) is 14.0 Å². The van der Waals surface area contributed by atoms with Gasteiger partial charge in [-0.25, -0.2) is 15.0 Å². The zero-order valence-electron chi connectivity index (χ0n) is 22.2. The van der Waals surface area contributed by atoms with Crippen LogP contribution >= 0.6 is 0 Å². The van der Waals surface area contributed by atoms with Crippen molar-refractivity contribution in [3.8, 4) is 17.1 Å². The van der Waals surface area contributed by atoms with E-state index in [-0.39, 0.29) is 11.0 Å². The van der Waals surface area contributed by atoms with Gasteiger partial charge in [-0.05, 0) is 43.1 Å². The molecule has 180 valence electrons. The summed E-state index contributed by atoms with van der Waals surface area (Å²) in [5, 5.41) is 0.189. The van der Waals surface area contributed by atoms with E-state index in [1.54, 1.807) is 7.11 Å². The van der Waals surface area contributed by atoms with E-state index in [4.69, 9.17) is 24.1 Å². The summed E-state index contributed by atoms with van der Waals surface area (Å²) in [5.41, 5.74) is 6.51. The van der Waals surface area contributed by atoms with Crippen LogP contribution in [0.4, 0.5) is 0 Å². The number of rotatable bonds is 7. The van der Waals surface area contributed by atoms with Crippen LogP contribution in [0.25, 0.3) is 22.4 Å². The molecule has 1 unspecified atom stereocenters. The van der Waals surface area contributed by atoms with Crippen molar-refractivity contribution in [2.24, 2.45) is 7.05 Å². The number of ether oxygens (including phenoxy) is 1. The van der Waals surface area contributed by atoms with Gasteiger partial charge in [0.25, 0.3) is 0 Å². The Hall–Kier alpha value is -2.25. The molecule has 0 spiro atoms. The van der Waals surface area contributed by atoms with Crippen LogP contribution in [0.3, 0.4) is 0 Å². The molecule has 3 aromatic heterocycles. The van der Waals surface area contributed by atoms with Gasteiger partial charge in [0.1, 0.15) is 5.52 Å². The molecule has 3 aromatic rings. The SMILES string of the molecule is COc1nc(C(C)C)ccc1-c1nc2c(nc1C)c(C(C)CO[Si](C)(C)C(C)(C)C)cn2C. The Bertz CT molecular complexity index is 1150. The highest BCUT2D eigenvalue weighted by Gasteiger charge is 2.37. The van der Waals surface area contributed by atoms with E-state index in [0.717, 1.165) is 33.8 Å². The minimum Gasteiger partial charge on any atom is -0.480 e. The van der Waals surface area contributed by atoms with Gasteiger partial charge >= 0.3 is 0 Å². The van der Waals surface area contributed by atoms with Crippen molar-refractivity contribution < 1.29 is 9.16 Å². The lowest BCUT2D eigenvalue weighted by atomic mass is 10.0. The van der Waals surface area contributed by atoms with Gasteiger partial charge in [0.05, 0.1) is 24.1 Å². The molecule has 0 radical (unpaired) electrons. The molecule has 7 heteroatoms. The van der Waals surface area contributed by atoms with Crippen molar-refractivity contribution >= 4 is 19.5 Å². The zero-order chi connectivity index (χ0) is 24.7. The summed E-state index contributed by atoms with van der Waals surface area (Å²) >= 11 is 0. The van der Waals surface area contributed by atoms with E-state index < -0.39 is 8.32 Å². The molecule has 0 bridgehead atoms. The molecule has 1 atom stereocenters. The third-order valence-corrected chi connectivity index (χ3v) is 11.4. The molecule has 3 heterocycles. The Morgan fingerprint density at radius 3 is 2.30 bits per heavy atom. The number of methoxy groups -OCH3 is 1. The summed E-state index contributed by atoms with van der Waals surface area (Å²) in [5.74, 6) is 1.14. The molecule has 3 rings (SSSR count). The zero-order valence-corrected chi connectivity index (χ0v) is 23.2. The molecule has 0 aliphatic carbocycles. The molecule has 0 aliphatic rings. The monoisotopic (exact) mass is 468 g/mol. The molecule has 0 aliphatic heterocycles. The number of aromatic nitrogens is 4. The van der Waals surface area contributed by atoms with E-state index in [1.165, 1.54) is 5.56 Å². The summed E-state index contributed by atoms with van der Waals surface area (Å²) in [6, 6.07) is 4.09. The van der Waals surface area contributed by atoms with Crippen LogP contribution in [0.2, 0.25) is 18.1 Å². The van der Waals surface area contributed by atoms with Crippen LogP contribution in [0.15, 0.2) is 18.3 Å². The van der Waals surface area contributed by atoms with E-state index in [1.807, 2.05) is 26.1 Å². The summed E-state index contributed by atoms with van der Waals surface area (Å²) in [7, 11) is 1.87. The van der Waals surface area contributed by atoms with E-state index in [9.17, 15) is 0 Å². The van der Waals surface area contributed by atoms with Gasteiger partial charge in [-0.2, -0.15) is 0 Å². The van der Waals surface area contributed by atoms with Crippen LogP contribution in [-0.4, -0.2) is 41.6 Å². The Balaban J connectivity index is 2.00. The predicted molar refractivity (Wildman–Crippen MR) is 139 cm³/mol. The van der Waals surface area contributed by atoms with Gasteiger partial charge in [0.2, 0.25) is 5.88 Å². The lowest BCUT2D eigenvalue weighted by Crippen LogP contribution is -2.41. The topological polar surface area (TPSA) is 62.1 Å². The maximum atomic E-state index is 6.51. The smallest absolute Gasteiger partial charge is 0.222 e. The van der Waals surface area contributed by atoms with Gasteiger partial charge in [-0.15, -0.1) is 0 Å². The third kappa shape index (κ3) is 4.99. The van der Waals surface area contributed by atoms with Gasteiger partial charge in [0, 0.05) is 37.0 Å². The molecule has 0 saturated carbocycles. The Morgan fingerprint density at radius 1 is 1.06 bits per heavy atom. The molecule has 0 saturated heterocycles. The molecule has 0 fully saturated rings. The van der Waals surface area contributed by atoms with Crippen LogP contribution in [0.1, 0.15) is 70.3 Å². The highest BCUT2D eigenvalue weighted by Crippen LogP contribution is 2.38. The van der Waals surface area contributed by atoms with Gasteiger partial charge < -0.3 is 13.7 Å². The number of hydrogen-bond donors (Lipinski definition) is 0. The first-order valence-corrected chi connectivity index (χ1v) is 14.7. The fourth-order valence-electron chi connectivity index (χ4n) is 3.65. The quantitative estimate of drug-likeness (QED) is 0.366. The Kier molecular flexibility index (Phi) is 7.06. The minimum atomic E-state index is -1.81. The molecule has 0 aromatic carbocycles. The molecule has 0 N–H and O–H groups in total. The second kappa shape index (κ2) is 9.18. The van der Waals surface area contributed by atoms with E-state index >= 15 is 0 Å². The summed E-state index contributed by atoms with van der Waals surface area (Å²) in [6.07, 6.45) is 2.14. The first kappa shape index (κ1) is 25.4. The third-order valence-electron chi connectivity index (χ3n) is 6.95. The first-order valence-electron chi connectivity index (χ1n) is 11.8. The van der Waals surface area contributed by atoms with Crippen LogP contribution in [0.5, 0.6) is 5.88 Å². The number of aryl methyl sites for hydroxylation is 2. The van der Waals surface area contributed by atoms with Crippen LogP contribution in [-0.2, 0) is 11.5 Å². The normalized spacial score (nSPS) is 13.7. The average Bonchev–Trinajstić information content (AvgIpc) is 3.05. The predicted octanol–water partition coefficient (Wildman–Crippen LogP) is 6.60. The second-order valence-electron chi connectivity index (χ2n) is 10.9. The van der Waals surface area contributed by atoms with Crippen LogP contribution < -0.4 is 4.74 Å². The number of fused-ring (bicyclic) bond motifs is 1. The second-order valence-corrected chi connectivity index (χ2v) is 15.8. The van der Waals surface area contributed by atoms with Crippen molar-refractivity contribution in [3.63, 3.8) is 0 Å². The fourth-order valence-corrected chi connectivity index (χ4v) is 4.75. The molecule has 6 nitrogen and oxygen atoms in total. The average molecular weight is 469 g/mol. The van der Waals surface area contributed by atoms with E-state index in [0.29, 0.717) is 18.4 Å². The first-order chi connectivity index (χ1) is 15.3. The minimum absolute atomic E-state index is 0.189. The summed E-state index contributed by atoms with van der Waals surface area (Å²) < 4.78 is 14.2. The van der Waals surface area contributed by atoms with Crippen molar-refractivity contribution in [2.45, 2.75) is 78.4 Å². The maximum Gasteiger partial charge on any atom is 0.222 e. The van der Waals surface area contributed by atoms with Gasteiger partial charge in [-0.3, -0.25) is 0 Å². The fraction of sp³-hybridized carbons (Fsp3) is 0.577. The Labute approximate surface area is 199 Å². The van der Waals surface area contributed by atoms with Gasteiger partial charge in [-0.1, -0.05) is 41.5 Å². The lowest BCUT2D eigenvalue weighted by Gasteiger charge is -2.37. The lowest BCUT2D eigenvalue weighted by molar-refractivity contribution is 0.269. The van der Waals surface area contributed by atoms with Crippen molar-refractivity contribution in [2.75, 3.05) is 13.7 Å². The summed E-state index contributed by atoms with van der Waals surface area (Å²) in [4.78, 5) is 14.7. The van der Waals surface area contributed by atoms with Crippen LogP contribution in [0, 0.1) is 6.92 Å². The number of pyridine rings is 1. The maximum absolute atomic E-state index is 6.51. The molecular weight excluding hydrogens is 428 g/mol. The van der Waals surface area contributed by atoms with Crippen molar-refractivity contribution in [1.29, 1.82) is 0 Å².